The molecule has 2 heteroatoms. The smallest absolute Gasteiger partial charge is 0.306 e. The molecule has 1 unspecified atom stereocenters. The Bertz CT molecular complexity index is 157. The second kappa shape index (κ2) is 5.25. The number of hydrogen-bond acceptors (Lipinski definition) is 2. The highest BCUT2D eigenvalue weighted by atomic mass is 16.5. The van der Waals surface area contributed by atoms with Crippen LogP contribution in [0.2, 0.25) is 0 Å². The lowest BCUT2D eigenvalue weighted by Crippen LogP contribution is -2.13. The Balaban J connectivity index is 2.09. The lowest BCUT2D eigenvalue weighted by Gasteiger charge is -2.10. The number of carbonyl (C=O) groups is 1. The third kappa shape index (κ3) is 4.30. The Morgan fingerprint density at radius 1 is 1.54 bits per heavy atom. The molecule has 1 aliphatic rings. The van der Waals surface area contributed by atoms with E-state index in [1.165, 1.54) is 25.7 Å². The summed E-state index contributed by atoms with van der Waals surface area (Å²) in [5.74, 6) is 0.752. The molecule has 1 aliphatic carbocycles. The van der Waals surface area contributed by atoms with Crippen LogP contribution in [-0.4, -0.2) is 12.6 Å². The van der Waals surface area contributed by atoms with E-state index < -0.39 is 0 Å². The van der Waals surface area contributed by atoms with E-state index in [1.807, 2.05) is 6.92 Å². The highest BCUT2D eigenvalue weighted by molar-refractivity contribution is 5.69. The van der Waals surface area contributed by atoms with E-state index in [4.69, 9.17) is 4.74 Å². The van der Waals surface area contributed by atoms with Gasteiger partial charge in [0.1, 0.15) is 0 Å². The zero-order valence-corrected chi connectivity index (χ0v) is 8.42. The molecule has 0 aromatic rings. The minimum Gasteiger partial charge on any atom is -0.465 e. The summed E-state index contributed by atoms with van der Waals surface area (Å²) in [4.78, 5) is 11.3. The third-order valence-electron chi connectivity index (χ3n) is 2.46. The van der Waals surface area contributed by atoms with Crippen LogP contribution in [-0.2, 0) is 9.53 Å². The number of carbonyl (C=O) groups excluding carboxylic acids is 1. The van der Waals surface area contributed by atoms with E-state index in [0.29, 0.717) is 18.9 Å². The largest absolute Gasteiger partial charge is 0.465 e. The van der Waals surface area contributed by atoms with Crippen LogP contribution in [0.25, 0.3) is 0 Å². The molecule has 0 aromatic carbocycles. The zero-order chi connectivity index (χ0) is 9.68. The lowest BCUT2D eigenvalue weighted by atomic mass is 10.0. The topological polar surface area (TPSA) is 26.3 Å². The zero-order valence-electron chi connectivity index (χ0n) is 8.42. The van der Waals surface area contributed by atoms with Gasteiger partial charge in [0.2, 0.25) is 0 Å². The Kier molecular flexibility index (Phi) is 4.26. The summed E-state index contributed by atoms with van der Waals surface area (Å²) in [6.07, 6.45) is 5.59. The molecule has 0 aliphatic heterocycles. The van der Waals surface area contributed by atoms with Crippen LogP contribution in [0.4, 0.5) is 0 Å². The number of hydrogen-bond donors (Lipinski definition) is 0. The van der Waals surface area contributed by atoms with Gasteiger partial charge in [0.05, 0.1) is 6.61 Å². The first-order chi connectivity index (χ1) is 6.18. The van der Waals surface area contributed by atoms with Gasteiger partial charge < -0.3 is 4.74 Å². The van der Waals surface area contributed by atoms with Crippen LogP contribution in [0.1, 0.15) is 39.0 Å². The van der Waals surface area contributed by atoms with E-state index in [9.17, 15) is 4.79 Å². The van der Waals surface area contributed by atoms with Crippen molar-refractivity contribution in [1.82, 2.24) is 0 Å². The fourth-order valence-corrected chi connectivity index (χ4v) is 1.74. The van der Waals surface area contributed by atoms with Gasteiger partial charge in [-0.1, -0.05) is 19.8 Å². The number of ether oxygens (including phenoxy) is 1. The predicted octanol–water partition coefficient (Wildman–Crippen LogP) is 2.58. The maximum Gasteiger partial charge on any atom is 0.306 e. The summed E-state index contributed by atoms with van der Waals surface area (Å²) in [6.45, 7) is 6.18. The van der Waals surface area contributed by atoms with Gasteiger partial charge in [0, 0.05) is 6.42 Å². The van der Waals surface area contributed by atoms with Crippen molar-refractivity contribution in [3.05, 3.63) is 6.92 Å². The predicted molar refractivity (Wildman–Crippen MR) is 52.1 cm³/mol. The molecule has 0 spiro atoms. The molecule has 1 radical (unpaired) electrons. The molecule has 1 rings (SSSR count). The normalized spacial score (nSPS) is 18.1. The minimum absolute atomic E-state index is 0.0394. The van der Waals surface area contributed by atoms with Crippen molar-refractivity contribution < 1.29 is 9.53 Å². The molecule has 0 N–H and O–H groups in total. The van der Waals surface area contributed by atoms with Gasteiger partial charge in [-0.3, -0.25) is 4.79 Å². The fraction of sp³-hybridized carbons (Fsp3) is 0.818. The summed E-state index contributed by atoms with van der Waals surface area (Å²) < 4.78 is 5.06. The standard InChI is InChI=1S/C11H19O2/c1-9(2)8-13-11(12)7-10-5-3-4-6-10/h9-10H,1,3-8H2,2H3. The molecular weight excluding hydrogens is 164 g/mol. The fourth-order valence-electron chi connectivity index (χ4n) is 1.74. The molecular formula is C11H19O2. The third-order valence-corrected chi connectivity index (χ3v) is 2.46. The first-order valence-corrected chi connectivity index (χ1v) is 5.17. The van der Waals surface area contributed by atoms with Crippen LogP contribution in [0.3, 0.4) is 0 Å². The molecule has 1 saturated carbocycles. The van der Waals surface area contributed by atoms with Crippen LogP contribution >= 0.6 is 0 Å². The first-order valence-electron chi connectivity index (χ1n) is 5.17. The van der Waals surface area contributed by atoms with Crippen LogP contribution in [0.15, 0.2) is 0 Å². The van der Waals surface area contributed by atoms with Crippen LogP contribution < -0.4 is 0 Å². The average molecular weight is 183 g/mol. The molecule has 0 heterocycles. The first kappa shape index (κ1) is 10.6. The summed E-state index contributed by atoms with van der Waals surface area (Å²) in [6, 6.07) is 0. The van der Waals surface area contributed by atoms with Gasteiger partial charge in [-0.15, -0.1) is 0 Å². The van der Waals surface area contributed by atoms with Gasteiger partial charge in [-0.05, 0) is 31.6 Å². The van der Waals surface area contributed by atoms with Crippen molar-refractivity contribution in [1.29, 1.82) is 0 Å². The highest BCUT2D eigenvalue weighted by Gasteiger charge is 2.19. The molecule has 0 aromatic heterocycles. The molecule has 1 atom stereocenters. The Morgan fingerprint density at radius 2 is 2.15 bits per heavy atom. The van der Waals surface area contributed by atoms with E-state index >= 15 is 0 Å². The van der Waals surface area contributed by atoms with E-state index in [0.717, 1.165) is 0 Å². The summed E-state index contributed by atoms with van der Waals surface area (Å²) >= 11 is 0. The molecule has 13 heavy (non-hydrogen) atoms. The molecule has 1 fully saturated rings. The van der Waals surface area contributed by atoms with Crippen molar-refractivity contribution in [2.24, 2.45) is 11.8 Å². The van der Waals surface area contributed by atoms with Gasteiger partial charge in [0.15, 0.2) is 0 Å². The Morgan fingerprint density at radius 3 is 2.69 bits per heavy atom. The van der Waals surface area contributed by atoms with Gasteiger partial charge >= 0.3 is 5.97 Å². The van der Waals surface area contributed by atoms with E-state index in [2.05, 4.69) is 6.92 Å². The van der Waals surface area contributed by atoms with Crippen molar-refractivity contribution >= 4 is 5.97 Å². The average Bonchev–Trinajstić information content (AvgIpc) is 2.53. The number of rotatable bonds is 4. The molecule has 0 bridgehead atoms. The lowest BCUT2D eigenvalue weighted by molar-refractivity contribution is -0.145. The maximum atomic E-state index is 11.3. The molecule has 2 nitrogen and oxygen atoms in total. The Hall–Kier alpha value is -0.530. The molecule has 0 saturated heterocycles. The highest BCUT2D eigenvalue weighted by Crippen LogP contribution is 2.27. The van der Waals surface area contributed by atoms with Gasteiger partial charge in [-0.25, -0.2) is 0 Å². The molecule has 75 valence electrons. The second-order valence-corrected chi connectivity index (χ2v) is 4.14. The Labute approximate surface area is 80.7 Å². The maximum absolute atomic E-state index is 11.3. The quantitative estimate of drug-likeness (QED) is 0.626. The summed E-state index contributed by atoms with van der Waals surface area (Å²) in [5, 5.41) is 0. The van der Waals surface area contributed by atoms with Crippen molar-refractivity contribution in [2.45, 2.75) is 39.0 Å². The van der Waals surface area contributed by atoms with Crippen molar-refractivity contribution in [2.75, 3.05) is 6.61 Å². The van der Waals surface area contributed by atoms with Crippen LogP contribution in [0.5, 0.6) is 0 Å². The SMILES string of the molecule is [CH2]C(C)COC(=O)CC1CCCC1. The minimum atomic E-state index is -0.0394. The van der Waals surface area contributed by atoms with E-state index in [-0.39, 0.29) is 11.9 Å². The van der Waals surface area contributed by atoms with Gasteiger partial charge in [0.25, 0.3) is 0 Å². The number of esters is 1. The van der Waals surface area contributed by atoms with Crippen LogP contribution in [0, 0.1) is 18.8 Å². The van der Waals surface area contributed by atoms with Crippen molar-refractivity contribution in [3.63, 3.8) is 0 Å². The van der Waals surface area contributed by atoms with E-state index in [1.54, 1.807) is 0 Å². The van der Waals surface area contributed by atoms with Crippen molar-refractivity contribution in [3.8, 4) is 0 Å². The monoisotopic (exact) mass is 183 g/mol. The summed E-state index contributed by atoms with van der Waals surface area (Å²) in [5.41, 5.74) is 0. The van der Waals surface area contributed by atoms with Gasteiger partial charge in [-0.2, -0.15) is 0 Å². The molecule has 0 amide bonds. The second-order valence-electron chi connectivity index (χ2n) is 4.14. The summed E-state index contributed by atoms with van der Waals surface area (Å²) in [7, 11) is 0.